The Morgan fingerprint density at radius 2 is 1.75 bits per heavy atom. The SMILES string of the molecule is Nc1csc(S(=O)(=O)Nc2ccc3ccccc3c2)c1. The third-order valence-electron chi connectivity index (χ3n) is 2.86. The van der Waals surface area contributed by atoms with Crippen molar-refractivity contribution >= 4 is 43.5 Å². The van der Waals surface area contributed by atoms with Crippen LogP contribution in [0.2, 0.25) is 0 Å². The molecule has 0 bridgehead atoms. The highest BCUT2D eigenvalue weighted by molar-refractivity contribution is 7.94. The Hall–Kier alpha value is -2.05. The van der Waals surface area contributed by atoms with E-state index in [0.29, 0.717) is 11.4 Å². The van der Waals surface area contributed by atoms with Crippen LogP contribution in [-0.4, -0.2) is 8.42 Å². The third-order valence-corrected chi connectivity index (χ3v) is 5.70. The van der Waals surface area contributed by atoms with E-state index in [0.717, 1.165) is 22.1 Å². The zero-order chi connectivity index (χ0) is 14.2. The van der Waals surface area contributed by atoms with Gasteiger partial charge in [0.25, 0.3) is 10.0 Å². The van der Waals surface area contributed by atoms with Gasteiger partial charge in [-0.15, -0.1) is 11.3 Å². The summed E-state index contributed by atoms with van der Waals surface area (Å²) in [6.07, 6.45) is 0. The molecule has 4 nitrogen and oxygen atoms in total. The van der Waals surface area contributed by atoms with Gasteiger partial charge in [-0.05, 0) is 29.0 Å². The highest BCUT2D eigenvalue weighted by atomic mass is 32.2. The standard InChI is InChI=1S/C14H12N2O2S2/c15-12-8-14(19-9-12)20(17,18)16-13-6-5-10-3-1-2-4-11(10)7-13/h1-9,16H,15H2. The van der Waals surface area contributed by atoms with Crippen LogP contribution in [-0.2, 0) is 10.0 Å². The van der Waals surface area contributed by atoms with Crippen LogP contribution in [0.5, 0.6) is 0 Å². The van der Waals surface area contributed by atoms with Crippen LogP contribution in [0.3, 0.4) is 0 Å². The first-order valence-corrected chi connectivity index (χ1v) is 8.26. The van der Waals surface area contributed by atoms with E-state index in [-0.39, 0.29) is 4.21 Å². The smallest absolute Gasteiger partial charge is 0.271 e. The lowest BCUT2D eigenvalue weighted by molar-refractivity contribution is 0.603. The van der Waals surface area contributed by atoms with E-state index < -0.39 is 10.0 Å². The lowest BCUT2D eigenvalue weighted by Crippen LogP contribution is -2.11. The summed E-state index contributed by atoms with van der Waals surface area (Å²) in [6, 6.07) is 14.7. The second kappa shape index (κ2) is 4.81. The molecule has 102 valence electrons. The number of hydrogen-bond donors (Lipinski definition) is 2. The average molecular weight is 304 g/mol. The quantitative estimate of drug-likeness (QED) is 0.780. The molecule has 1 heterocycles. The zero-order valence-corrected chi connectivity index (χ0v) is 12.0. The highest BCUT2D eigenvalue weighted by Crippen LogP contribution is 2.25. The summed E-state index contributed by atoms with van der Waals surface area (Å²) in [5.41, 5.74) is 6.55. The van der Waals surface area contributed by atoms with E-state index in [1.54, 1.807) is 11.4 Å². The number of rotatable bonds is 3. The molecule has 2 aromatic carbocycles. The molecule has 0 atom stereocenters. The van der Waals surface area contributed by atoms with E-state index in [9.17, 15) is 8.42 Å². The molecule has 3 N–H and O–H groups in total. The normalized spacial score (nSPS) is 11.6. The van der Waals surface area contributed by atoms with Gasteiger partial charge in [-0.3, -0.25) is 4.72 Å². The fraction of sp³-hybridized carbons (Fsp3) is 0. The Kier molecular flexibility index (Phi) is 3.11. The maximum absolute atomic E-state index is 12.2. The van der Waals surface area contributed by atoms with Gasteiger partial charge in [0.05, 0.1) is 0 Å². The van der Waals surface area contributed by atoms with Gasteiger partial charge >= 0.3 is 0 Å². The molecule has 0 spiro atoms. The summed E-state index contributed by atoms with van der Waals surface area (Å²) in [6.45, 7) is 0. The Balaban J connectivity index is 1.96. The van der Waals surface area contributed by atoms with Crippen molar-refractivity contribution in [1.29, 1.82) is 0 Å². The number of nitrogens with two attached hydrogens (primary N) is 1. The van der Waals surface area contributed by atoms with Crippen LogP contribution >= 0.6 is 11.3 Å². The molecule has 0 radical (unpaired) electrons. The Bertz CT molecular complexity index is 870. The summed E-state index contributed by atoms with van der Waals surface area (Å²) in [7, 11) is -3.57. The molecule has 0 saturated carbocycles. The first-order chi connectivity index (χ1) is 9.54. The maximum atomic E-state index is 12.2. The minimum absolute atomic E-state index is 0.211. The molecule has 0 amide bonds. The van der Waals surface area contributed by atoms with E-state index >= 15 is 0 Å². The molecular weight excluding hydrogens is 292 g/mol. The molecule has 3 aromatic rings. The third kappa shape index (κ3) is 2.48. The van der Waals surface area contributed by atoms with Crippen LogP contribution < -0.4 is 10.5 Å². The van der Waals surface area contributed by atoms with E-state index in [1.165, 1.54) is 6.07 Å². The van der Waals surface area contributed by atoms with Crippen LogP contribution in [0.1, 0.15) is 0 Å². The van der Waals surface area contributed by atoms with Crippen molar-refractivity contribution in [2.24, 2.45) is 0 Å². The van der Waals surface area contributed by atoms with Crippen molar-refractivity contribution in [3.8, 4) is 0 Å². The Labute approximate surface area is 120 Å². The molecule has 6 heteroatoms. The lowest BCUT2D eigenvalue weighted by atomic mass is 10.1. The van der Waals surface area contributed by atoms with Crippen molar-refractivity contribution in [2.75, 3.05) is 10.5 Å². The fourth-order valence-corrected chi connectivity index (χ4v) is 4.06. The Morgan fingerprint density at radius 1 is 1.00 bits per heavy atom. The number of anilines is 2. The summed E-state index contributed by atoms with van der Waals surface area (Å²) in [4.78, 5) is 0. The average Bonchev–Trinajstić information content (AvgIpc) is 2.86. The van der Waals surface area contributed by atoms with Crippen molar-refractivity contribution in [3.05, 3.63) is 53.9 Å². The number of benzene rings is 2. The molecule has 0 unspecified atom stereocenters. The molecule has 3 rings (SSSR count). The van der Waals surface area contributed by atoms with Crippen molar-refractivity contribution in [3.63, 3.8) is 0 Å². The number of hydrogen-bond acceptors (Lipinski definition) is 4. The minimum atomic E-state index is -3.57. The van der Waals surface area contributed by atoms with Crippen LogP contribution in [0.25, 0.3) is 10.8 Å². The summed E-state index contributed by atoms with van der Waals surface area (Å²) in [5, 5.41) is 3.66. The molecule has 0 saturated heterocycles. The largest absolute Gasteiger partial charge is 0.398 e. The molecule has 20 heavy (non-hydrogen) atoms. The lowest BCUT2D eigenvalue weighted by Gasteiger charge is -2.07. The van der Waals surface area contributed by atoms with Gasteiger partial charge in [-0.1, -0.05) is 30.3 Å². The topological polar surface area (TPSA) is 72.2 Å². The second-order valence-electron chi connectivity index (χ2n) is 4.37. The van der Waals surface area contributed by atoms with Crippen LogP contribution in [0.4, 0.5) is 11.4 Å². The first kappa shape index (κ1) is 13.0. The van der Waals surface area contributed by atoms with Gasteiger partial charge in [0, 0.05) is 16.8 Å². The first-order valence-electron chi connectivity index (χ1n) is 5.90. The molecule has 0 aliphatic carbocycles. The van der Waals surface area contributed by atoms with E-state index in [4.69, 9.17) is 5.73 Å². The number of fused-ring (bicyclic) bond motifs is 1. The monoisotopic (exact) mass is 304 g/mol. The summed E-state index contributed by atoms with van der Waals surface area (Å²) >= 11 is 1.10. The van der Waals surface area contributed by atoms with Crippen LogP contribution in [0.15, 0.2) is 58.1 Å². The second-order valence-corrected chi connectivity index (χ2v) is 7.19. The fourth-order valence-electron chi connectivity index (χ4n) is 1.93. The van der Waals surface area contributed by atoms with Gasteiger partial charge in [-0.2, -0.15) is 0 Å². The van der Waals surface area contributed by atoms with Gasteiger partial charge < -0.3 is 5.73 Å². The zero-order valence-electron chi connectivity index (χ0n) is 10.4. The Morgan fingerprint density at radius 3 is 2.45 bits per heavy atom. The highest BCUT2D eigenvalue weighted by Gasteiger charge is 2.16. The molecule has 0 aliphatic rings. The van der Waals surface area contributed by atoms with E-state index in [1.807, 2.05) is 36.4 Å². The predicted octanol–water partition coefficient (Wildman–Crippen LogP) is 3.28. The van der Waals surface area contributed by atoms with Crippen molar-refractivity contribution in [2.45, 2.75) is 4.21 Å². The number of sulfonamides is 1. The number of thiophene rings is 1. The number of nitrogen functional groups attached to an aromatic ring is 1. The molecular formula is C14H12N2O2S2. The van der Waals surface area contributed by atoms with Gasteiger partial charge in [0.1, 0.15) is 4.21 Å². The molecule has 0 fully saturated rings. The van der Waals surface area contributed by atoms with E-state index in [2.05, 4.69) is 4.72 Å². The van der Waals surface area contributed by atoms with Crippen molar-refractivity contribution in [1.82, 2.24) is 0 Å². The maximum Gasteiger partial charge on any atom is 0.271 e. The van der Waals surface area contributed by atoms with Gasteiger partial charge in [0.2, 0.25) is 0 Å². The molecule has 1 aromatic heterocycles. The molecule has 0 aliphatic heterocycles. The summed E-state index contributed by atoms with van der Waals surface area (Å²) in [5.74, 6) is 0. The van der Waals surface area contributed by atoms with Gasteiger partial charge in [0.15, 0.2) is 0 Å². The van der Waals surface area contributed by atoms with Crippen LogP contribution in [0, 0.1) is 0 Å². The predicted molar refractivity (Wildman–Crippen MR) is 83.5 cm³/mol. The minimum Gasteiger partial charge on any atom is -0.398 e. The number of nitrogens with one attached hydrogen (secondary N) is 1. The summed E-state index contributed by atoms with van der Waals surface area (Å²) < 4.78 is 27.2. The van der Waals surface area contributed by atoms with Crippen molar-refractivity contribution < 1.29 is 8.42 Å². The van der Waals surface area contributed by atoms with Gasteiger partial charge in [-0.25, -0.2) is 8.42 Å².